The standard InChI is InChI=1S/C19H20N2O4/c1-24-18-9-7-14(12-19(18)25-16-4-2-3-5-16)6-8-15-10-11-20-13-17(15)21(22)23/h6-13,16H,2-5H2,1H3. The van der Waals surface area contributed by atoms with Gasteiger partial charge in [0.05, 0.1) is 23.7 Å². The summed E-state index contributed by atoms with van der Waals surface area (Å²) in [5, 5.41) is 11.1. The number of pyridine rings is 1. The van der Waals surface area contributed by atoms with E-state index in [9.17, 15) is 10.1 Å². The Morgan fingerprint density at radius 2 is 2.00 bits per heavy atom. The molecule has 3 rings (SSSR count). The van der Waals surface area contributed by atoms with E-state index < -0.39 is 4.92 Å². The number of ether oxygens (including phenoxy) is 2. The van der Waals surface area contributed by atoms with E-state index in [1.165, 1.54) is 25.2 Å². The van der Waals surface area contributed by atoms with E-state index >= 15 is 0 Å². The second kappa shape index (κ2) is 7.79. The summed E-state index contributed by atoms with van der Waals surface area (Å²) in [5.74, 6) is 1.40. The molecular weight excluding hydrogens is 320 g/mol. The zero-order chi connectivity index (χ0) is 17.6. The van der Waals surface area contributed by atoms with Crippen LogP contribution in [-0.4, -0.2) is 23.1 Å². The van der Waals surface area contributed by atoms with Crippen LogP contribution < -0.4 is 9.47 Å². The van der Waals surface area contributed by atoms with Crippen molar-refractivity contribution in [1.29, 1.82) is 0 Å². The molecular formula is C19H20N2O4. The van der Waals surface area contributed by atoms with E-state index in [1.807, 2.05) is 24.3 Å². The molecule has 1 aliphatic carbocycles. The number of nitrogens with zero attached hydrogens (tertiary/aromatic N) is 2. The quantitative estimate of drug-likeness (QED) is 0.572. The fraction of sp³-hybridized carbons (Fsp3) is 0.316. The van der Waals surface area contributed by atoms with Crippen molar-refractivity contribution in [1.82, 2.24) is 4.98 Å². The molecule has 0 radical (unpaired) electrons. The first-order valence-electron chi connectivity index (χ1n) is 8.28. The summed E-state index contributed by atoms with van der Waals surface area (Å²) in [6, 6.07) is 7.27. The Balaban J connectivity index is 1.84. The molecule has 2 aromatic rings. The Hall–Kier alpha value is -2.89. The van der Waals surface area contributed by atoms with Crippen molar-refractivity contribution in [2.45, 2.75) is 31.8 Å². The molecule has 1 heterocycles. The van der Waals surface area contributed by atoms with Crippen molar-refractivity contribution in [2.24, 2.45) is 0 Å². The monoisotopic (exact) mass is 340 g/mol. The SMILES string of the molecule is COc1ccc(C=Cc2ccncc2[N+](=O)[O-])cc1OC1CCCC1. The summed E-state index contributed by atoms with van der Waals surface area (Å²) >= 11 is 0. The Morgan fingerprint density at radius 1 is 1.20 bits per heavy atom. The maximum atomic E-state index is 11.1. The van der Waals surface area contributed by atoms with Gasteiger partial charge in [-0.05, 0) is 55.5 Å². The molecule has 0 unspecified atom stereocenters. The van der Waals surface area contributed by atoms with Crippen LogP contribution in [0.15, 0.2) is 36.7 Å². The molecule has 0 N–H and O–H groups in total. The second-order valence-electron chi connectivity index (χ2n) is 5.96. The van der Waals surface area contributed by atoms with E-state index in [0.29, 0.717) is 17.1 Å². The van der Waals surface area contributed by atoms with Gasteiger partial charge >= 0.3 is 0 Å². The molecule has 1 saturated carbocycles. The normalized spacial score (nSPS) is 14.8. The number of aromatic nitrogens is 1. The highest BCUT2D eigenvalue weighted by Crippen LogP contribution is 2.33. The number of rotatable bonds is 6. The van der Waals surface area contributed by atoms with Crippen LogP contribution in [0.2, 0.25) is 0 Å². The third-order valence-corrected chi connectivity index (χ3v) is 4.27. The van der Waals surface area contributed by atoms with Crippen molar-refractivity contribution in [3.63, 3.8) is 0 Å². The minimum absolute atomic E-state index is 0.0188. The van der Waals surface area contributed by atoms with Crippen LogP contribution in [-0.2, 0) is 0 Å². The van der Waals surface area contributed by atoms with E-state index in [2.05, 4.69) is 4.98 Å². The summed E-state index contributed by atoms with van der Waals surface area (Å²) in [5.41, 5.74) is 1.38. The lowest BCUT2D eigenvalue weighted by molar-refractivity contribution is -0.385. The lowest BCUT2D eigenvalue weighted by Crippen LogP contribution is -2.11. The van der Waals surface area contributed by atoms with E-state index in [1.54, 1.807) is 19.3 Å². The molecule has 0 amide bonds. The fourth-order valence-electron chi connectivity index (χ4n) is 2.95. The van der Waals surface area contributed by atoms with Gasteiger partial charge in [-0.15, -0.1) is 0 Å². The fourth-order valence-corrected chi connectivity index (χ4v) is 2.95. The minimum atomic E-state index is -0.435. The molecule has 1 fully saturated rings. The smallest absolute Gasteiger partial charge is 0.294 e. The average molecular weight is 340 g/mol. The average Bonchev–Trinajstić information content (AvgIpc) is 3.13. The van der Waals surface area contributed by atoms with Crippen molar-refractivity contribution in [3.8, 4) is 11.5 Å². The molecule has 0 saturated heterocycles. The maximum absolute atomic E-state index is 11.1. The molecule has 0 aliphatic heterocycles. The molecule has 0 atom stereocenters. The molecule has 0 spiro atoms. The summed E-state index contributed by atoms with van der Waals surface area (Å²) in [4.78, 5) is 14.4. The first-order valence-corrected chi connectivity index (χ1v) is 8.28. The number of benzene rings is 1. The van der Waals surface area contributed by atoms with Crippen LogP contribution in [0.1, 0.15) is 36.8 Å². The molecule has 0 bridgehead atoms. The van der Waals surface area contributed by atoms with Gasteiger partial charge in [0.25, 0.3) is 5.69 Å². The topological polar surface area (TPSA) is 74.5 Å². The molecule has 1 aliphatic rings. The van der Waals surface area contributed by atoms with Gasteiger partial charge in [0.15, 0.2) is 11.5 Å². The van der Waals surface area contributed by atoms with Gasteiger partial charge in [-0.1, -0.05) is 12.1 Å². The van der Waals surface area contributed by atoms with Crippen LogP contribution in [0.5, 0.6) is 11.5 Å². The highest BCUT2D eigenvalue weighted by molar-refractivity contribution is 5.74. The highest BCUT2D eigenvalue weighted by atomic mass is 16.6. The summed E-state index contributed by atoms with van der Waals surface area (Å²) in [6.07, 6.45) is 11.1. The van der Waals surface area contributed by atoms with Crippen LogP contribution >= 0.6 is 0 Å². The molecule has 1 aromatic carbocycles. The first-order chi connectivity index (χ1) is 12.2. The van der Waals surface area contributed by atoms with Gasteiger partial charge in [-0.3, -0.25) is 15.1 Å². The summed E-state index contributed by atoms with van der Waals surface area (Å²) in [7, 11) is 1.62. The minimum Gasteiger partial charge on any atom is -0.493 e. The van der Waals surface area contributed by atoms with Crippen LogP contribution in [0.3, 0.4) is 0 Å². The van der Waals surface area contributed by atoms with Crippen molar-refractivity contribution in [2.75, 3.05) is 7.11 Å². The molecule has 6 nitrogen and oxygen atoms in total. The van der Waals surface area contributed by atoms with Crippen LogP contribution in [0.25, 0.3) is 12.2 Å². The molecule has 1 aromatic heterocycles. The van der Waals surface area contributed by atoms with Gasteiger partial charge in [-0.2, -0.15) is 0 Å². The first kappa shape index (κ1) is 17.0. The number of hydrogen-bond acceptors (Lipinski definition) is 5. The van der Waals surface area contributed by atoms with E-state index in [0.717, 1.165) is 18.4 Å². The molecule has 130 valence electrons. The Labute approximate surface area is 146 Å². The predicted molar refractivity (Wildman–Crippen MR) is 95.7 cm³/mol. The largest absolute Gasteiger partial charge is 0.493 e. The zero-order valence-electron chi connectivity index (χ0n) is 14.1. The Kier molecular flexibility index (Phi) is 5.28. The summed E-state index contributed by atoms with van der Waals surface area (Å²) in [6.45, 7) is 0. The van der Waals surface area contributed by atoms with Gasteiger partial charge in [0, 0.05) is 6.20 Å². The predicted octanol–water partition coefficient (Wildman–Crippen LogP) is 4.49. The van der Waals surface area contributed by atoms with Gasteiger partial charge in [-0.25, -0.2) is 0 Å². The Morgan fingerprint density at radius 3 is 2.72 bits per heavy atom. The summed E-state index contributed by atoms with van der Waals surface area (Å²) < 4.78 is 11.5. The molecule has 6 heteroatoms. The Bertz CT molecular complexity index is 783. The number of nitro groups is 1. The van der Waals surface area contributed by atoms with Crippen molar-refractivity contribution in [3.05, 3.63) is 57.9 Å². The zero-order valence-corrected chi connectivity index (χ0v) is 14.1. The lowest BCUT2D eigenvalue weighted by atomic mass is 10.1. The van der Waals surface area contributed by atoms with Gasteiger partial charge < -0.3 is 9.47 Å². The highest BCUT2D eigenvalue weighted by Gasteiger charge is 2.18. The van der Waals surface area contributed by atoms with Crippen LogP contribution in [0.4, 0.5) is 5.69 Å². The van der Waals surface area contributed by atoms with Gasteiger partial charge in [0.1, 0.15) is 6.20 Å². The third kappa shape index (κ3) is 4.15. The van der Waals surface area contributed by atoms with Crippen molar-refractivity contribution < 1.29 is 14.4 Å². The number of hydrogen-bond donors (Lipinski definition) is 0. The van der Waals surface area contributed by atoms with Gasteiger partial charge in [0.2, 0.25) is 0 Å². The second-order valence-corrected chi connectivity index (χ2v) is 5.96. The molecule has 25 heavy (non-hydrogen) atoms. The maximum Gasteiger partial charge on any atom is 0.294 e. The van der Waals surface area contributed by atoms with E-state index in [-0.39, 0.29) is 11.8 Å². The van der Waals surface area contributed by atoms with Crippen LogP contribution in [0, 0.1) is 10.1 Å². The van der Waals surface area contributed by atoms with E-state index in [4.69, 9.17) is 9.47 Å². The lowest BCUT2D eigenvalue weighted by Gasteiger charge is -2.16. The third-order valence-electron chi connectivity index (χ3n) is 4.27. The number of methoxy groups -OCH3 is 1. The van der Waals surface area contributed by atoms with Crippen molar-refractivity contribution >= 4 is 17.8 Å².